The highest BCUT2D eigenvalue weighted by atomic mass is 35.5. The molecule has 1 atom stereocenters. The quantitative estimate of drug-likeness (QED) is 0.787. The van der Waals surface area contributed by atoms with E-state index >= 15 is 0 Å². The Bertz CT molecular complexity index is 540. The number of hydrogen-bond donors (Lipinski definition) is 2. The molecule has 2 heterocycles. The molecule has 3 N–H and O–H groups in total. The van der Waals surface area contributed by atoms with Crippen molar-refractivity contribution in [2.24, 2.45) is 5.73 Å². The van der Waals surface area contributed by atoms with E-state index in [1.165, 1.54) is 0 Å². The highest BCUT2D eigenvalue weighted by molar-refractivity contribution is 5.85. The van der Waals surface area contributed by atoms with Gasteiger partial charge in [0, 0.05) is 39.0 Å². The van der Waals surface area contributed by atoms with E-state index in [4.69, 9.17) is 10.5 Å². The van der Waals surface area contributed by atoms with Crippen molar-refractivity contribution < 1.29 is 9.53 Å². The van der Waals surface area contributed by atoms with Gasteiger partial charge in [0.05, 0.1) is 18.2 Å². The molecule has 1 unspecified atom stereocenters. The number of methoxy groups -OCH3 is 1. The number of fused-ring (bicyclic) bond motifs is 1. The van der Waals surface area contributed by atoms with Crippen molar-refractivity contribution in [3.63, 3.8) is 0 Å². The SMILES string of the molecule is COC(CN)CC(=O)NCCc1cn2ccccc2n1.Cl.Cl. The smallest absolute Gasteiger partial charge is 0.222 e. The van der Waals surface area contributed by atoms with Gasteiger partial charge in [-0.2, -0.15) is 0 Å². The van der Waals surface area contributed by atoms with E-state index in [1.807, 2.05) is 35.0 Å². The first-order chi connectivity index (χ1) is 9.72. The number of nitrogens with one attached hydrogen (secondary N) is 1. The van der Waals surface area contributed by atoms with Crippen LogP contribution in [0.2, 0.25) is 0 Å². The Kier molecular flexibility index (Phi) is 9.76. The van der Waals surface area contributed by atoms with Gasteiger partial charge in [-0.15, -0.1) is 24.8 Å². The first-order valence-corrected chi connectivity index (χ1v) is 6.65. The molecular weight excluding hydrogens is 327 g/mol. The van der Waals surface area contributed by atoms with E-state index in [2.05, 4.69) is 10.3 Å². The Morgan fingerprint density at radius 2 is 2.23 bits per heavy atom. The molecule has 124 valence electrons. The first-order valence-electron chi connectivity index (χ1n) is 6.65. The Hall–Kier alpha value is -1.34. The molecule has 6 nitrogen and oxygen atoms in total. The van der Waals surface area contributed by atoms with E-state index in [1.54, 1.807) is 7.11 Å². The Morgan fingerprint density at radius 1 is 1.45 bits per heavy atom. The number of imidazole rings is 1. The third kappa shape index (κ3) is 5.81. The summed E-state index contributed by atoms with van der Waals surface area (Å²) in [4.78, 5) is 16.1. The van der Waals surface area contributed by atoms with Crippen LogP contribution in [0.3, 0.4) is 0 Å². The van der Waals surface area contributed by atoms with Gasteiger partial charge >= 0.3 is 0 Å². The average molecular weight is 349 g/mol. The molecule has 2 aromatic rings. The second-order valence-electron chi connectivity index (χ2n) is 4.60. The standard InChI is InChI=1S/C14H20N4O2.2ClH/c1-20-12(9-15)8-14(19)16-6-5-11-10-18-7-3-2-4-13(18)17-11;;/h2-4,7,10,12H,5-6,8-9,15H2,1H3,(H,16,19);2*1H. The molecule has 0 saturated heterocycles. The van der Waals surface area contributed by atoms with E-state index in [0.29, 0.717) is 19.5 Å². The zero-order valence-corrected chi connectivity index (χ0v) is 14.0. The van der Waals surface area contributed by atoms with E-state index in [-0.39, 0.29) is 43.2 Å². The fourth-order valence-corrected chi connectivity index (χ4v) is 1.98. The summed E-state index contributed by atoms with van der Waals surface area (Å²) in [6, 6.07) is 5.86. The van der Waals surface area contributed by atoms with Crippen molar-refractivity contribution in [1.29, 1.82) is 0 Å². The molecule has 0 aliphatic rings. The summed E-state index contributed by atoms with van der Waals surface area (Å²) >= 11 is 0. The molecule has 22 heavy (non-hydrogen) atoms. The van der Waals surface area contributed by atoms with Gasteiger partial charge in [-0.3, -0.25) is 4.79 Å². The van der Waals surface area contributed by atoms with Gasteiger partial charge in [-0.1, -0.05) is 6.07 Å². The van der Waals surface area contributed by atoms with Gasteiger partial charge in [0.1, 0.15) is 5.65 Å². The van der Waals surface area contributed by atoms with Gasteiger partial charge in [0.2, 0.25) is 5.91 Å². The summed E-state index contributed by atoms with van der Waals surface area (Å²) in [6.45, 7) is 0.903. The van der Waals surface area contributed by atoms with Crippen LogP contribution in [0.15, 0.2) is 30.6 Å². The predicted octanol–water partition coefficient (Wildman–Crippen LogP) is 1.20. The number of ether oxygens (including phenoxy) is 1. The van der Waals surface area contributed by atoms with Crippen molar-refractivity contribution in [3.8, 4) is 0 Å². The second kappa shape index (κ2) is 10.4. The number of nitrogens with two attached hydrogens (primary N) is 1. The zero-order valence-electron chi connectivity index (χ0n) is 12.4. The van der Waals surface area contributed by atoms with Gasteiger partial charge < -0.3 is 20.2 Å². The number of rotatable bonds is 7. The maximum atomic E-state index is 11.7. The summed E-state index contributed by atoms with van der Waals surface area (Å²) in [7, 11) is 1.56. The molecule has 1 amide bonds. The normalized spacial score (nSPS) is 11.4. The monoisotopic (exact) mass is 348 g/mol. The number of carbonyl (C=O) groups is 1. The van der Waals surface area contributed by atoms with Crippen molar-refractivity contribution in [2.45, 2.75) is 18.9 Å². The third-order valence-corrected chi connectivity index (χ3v) is 3.13. The van der Waals surface area contributed by atoms with Crippen LogP contribution >= 0.6 is 24.8 Å². The molecule has 0 aromatic carbocycles. The maximum Gasteiger partial charge on any atom is 0.222 e. The lowest BCUT2D eigenvalue weighted by molar-refractivity contribution is -0.123. The Labute approximate surface area is 142 Å². The Morgan fingerprint density at radius 3 is 2.86 bits per heavy atom. The number of nitrogens with zero attached hydrogens (tertiary/aromatic N) is 2. The van der Waals surface area contributed by atoms with Gasteiger partial charge in [-0.05, 0) is 12.1 Å². The van der Waals surface area contributed by atoms with Crippen molar-refractivity contribution in [2.75, 3.05) is 20.2 Å². The lowest BCUT2D eigenvalue weighted by Gasteiger charge is -2.12. The van der Waals surface area contributed by atoms with Gasteiger partial charge in [0.15, 0.2) is 0 Å². The molecule has 0 radical (unpaired) electrons. The fraction of sp³-hybridized carbons (Fsp3) is 0.429. The van der Waals surface area contributed by atoms with Crippen molar-refractivity contribution >= 4 is 36.4 Å². The number of halogens is 2. The lowest BCUT2D eigenvalue weighted by Crippen LogP contribution is -2.33. The average Bonchev–Trinajstić information content (AvgIpc) is 2.87. The van der Waals surface area contributed by atoms with Crippen LogP contribution < -0.4 is 11.1 Å². The molecule has 2 aromatic heterocycles. The third-order valence-electron chi connectivity index (χ3n) is 3.13. The topological polar surface area (TPSA) is 81.6 Å². The predicted molar refractivity (Wildman–Crippen MR) is 90.9 cm³/mol. The van der Waals surface area contributed by atoms with Crippen molar-refractivity contribution in [3.05, 3.63) is 36.3 Å². The minimum Gasteiger partial charge on any atom is -0.380 e. The Balaban J connectivity index is 0.00000220. The van der Waals surface area contributed by atoms with E-state index in [0.717, 1.165) is 11.3 Å². The number of hydrogen-bond acceptors (Lipinski definition) is 4. The van der Waals surface area contributed by atoms with Crippen LogP contribution in [0.25, 0.3) is 5.65 Å². The molecule has 0 spiro atoms. The minimum atomic E-state index is -0.217. The van der Waals surface area contributed by atoms with Gasteiger partial charge in [0.25, 0.3) is 0 Å². The van der Waals surface area contributed by atoms with Crippen LogP contribution in [-0.2, 0) is 16.0 Å². The number of aromatic nitrogens is 2. The number of pyridine rings is 1. The lowest BCUT2D eigenvalue weighted by atomic mass is 10.2. The molecule has 0 saturated carbocycles. The number of amides is 1. The van der Waals surface area contributed by atoms with Crippen LogP contribution in [0.5, 0.6) is 0 Å². The molecule has 2 rings (SSSR count). The summed E-state index contributed by atoms with van der Waals surface area (Å²) in [5, 5.41) is 2.85. The molecule has 0 bridgehead atoms. The van der Waals surface area contributed by atoms with Crippen LogP contribution in [-0.4, -0.2) is 41.6 Å². The summed E-state index contributed by atoms with van der Waals surface area (Å²) in [5.74, 6) is -0.0499. The summed E-state index contributed by atoms with van der Waals surface area (Å²) in [6.07, 6.45) is 4.70. The largest absolute Gasteiger partial charge is 0.380 e. The highest BCUT2D eigenvalue weighted by Crippen LogP contribution is 2.04. The zero-order chi connectivity index (χ0) is 14.4. The molecule has 0 aliphatic carbocycles. The van der Waals surface area contributed by atoms with E-state index in [9.17, 15) is 4.79 Å². The molecular formula is C14H22Cl2N4O2. The fourth-order valence-electron chi connectivity index (χ4n) is 1.98. The second-order valence-corrected chi connectivity index (χ2v) is 4.60. The highest BCUT2D eigenvalue weighted by Gasteiger charge is 2.11. The van der Waals surface area contributed by atoms with E-state index < -0.39 is 0 Å². The molecule has 0 fully saturated rings. The number of carbonyl (C=O) groups excluding carboxylic acids is 1. The maximum absolute atomic E-state index is 11.7. The van der Waals surface area contributed by atoms with Crippen molar-refractivity contribution in [1.82, 2.24) is 14.7 Å². The first kappa shape index (κ1) is 20.7. The molecule has 0 aliphatic heterocycles. The minimum absolute atomic E-state index is 0. The van der Waals surface area contributed by atoms with Crippen LogP contribution in [0, 0.1) is 0 Å². The van der Waals surface area contributed by atoms with Crippen LogP contribution in [0.4, 0.5) is 0 Å². The van der Waals surface area contributed by atoms with Crippen LogP contribution in [0.1, 0.15) is 12.1 Å². The molecule has 8 heteroatoms. The van der Waals surface area contributed by atoms with Gasteiger partial charge in [-0.25, -0.2) is 4.98 Å². The summed E-state index contributed by atoms with van der Waals surface area (Å²) in [5.41, 5.74) is 7.35. The summed E-state index contributed by atoms with van der Waals surface area (Å²) < 4.78 is 7.04.